The summed E-state index contributed by atoms with van der Waals surface area (Å²) >= 11 is 0. The highest BCUT2D eigenvalue weighted by Gasteiger charge is 2.21. The zero-order chi connectivity index (χ0) is 18.7. The maximum atomic E-state index is 12.1. The number of carbonyl (C=O) groups excluding carboxylic acids is 1. The Morgan fingerprint density at radius 1 is 1.20 bits per heavy atom. The van der Waals surface area contributed by atoms with Crippen molar-refractivity contribution >= 4 is 6.09 Å². The van der Waals surface area contributed by atoms with Gasteiger partial charge in [-0.15, -0.1) is 0 Å². The topological polar surface area (TPSA) is 99.6 Å². The summed E-state index contributed by atoms with van der Waals surface area (Å²) < 4.78 is 11.1. The molecule has 136 valence electrons. The predicted octanol–water partition coefficient (Wildman–Crippen LogP) is 3.10. The number of nitrogens with one attached hydrogen (secondary N) is 1. The van der Waals surface area contributed by atoms with E-state index in [1.165, 1.54) is 12.4 Å². The van der Waals surface area contributed by atoms with Crippen molar-refractivity contribution in [3.8, 4) is 0 Å². The molecule has 5 N–H and O–H groups in total. The van der Waals surface area contributed by atoms with Crippen molar-refractivity contribution in [3.05, 3.63) is 72.3 Å². The van der Waals surface area contributed by atoms with Gasteiger partial charge in [-0.25, -0.2) is 4.79 Å². The molecule has 1 rings (SSSR count). The highest BCUT2D eigenvalue weighted by molar-refractivity contribution is 5.68. The highest BCUT2D eigenvalue weighted by atomic mass is 16.6. The maximum absolute atomic E-state index is 12.1. The van der Waals surface area contributed by atoms with Crippen LogP contribution in [0.15, 0.2) is 66.7 Å². The minimum atomic E-state index is -0.578. The van der Waals surface area contributed by atoms with E-state index in [1.54, 1.807) is 18.2 Å². The number of hydrogen-bond acceptors (Lipinski definition) is 5. The van der Waals surface area contributed by atoms with Gasteiger partial charge in [0, 0.05) is 0 Å². The lowest BCUT2D eigenvalue weighted by Crippen LogP contribution is -2.36. The van der Waals surface area contributed by atoms with E-state index in [4.69, 9.17) is 20.9 Å². The van der Waals surface area contributed by atoms with Crippen LogP contribution in [-0.4, -0.2) is 18.3 Å². The first-order chi connectivity index (χ1) is 11.9. The van der Waals surface area contributed by atoms with Crippen molar-refractivity contribution in [3.63, 3.8) is 0 Å². The SMILES string of the molecule is CC(C)(C)OC(=O)NC(COC(/C=C/N)=C/C=C/N)c1ccccc1. The van der Waals surface area contributed by atoms with E-state index in [-0.39, 0.29) is 12.6 Å². The van der Waals surface area contributed by atoms with Crippen LogP contribution >= 0.6 is 0 Å². The Bertz CT molecular complexity index is 617. The summed E-state index contributed by atoms with van der Waals surface area (Å²) in [4.78, 5) is 12.1. The first-order valence-electron chi connectivity index (χ1n) is 8.00. The van der Waals surface area contributed by atoms with Crippen LogP contribution in [0.5, 0.6) is 0 Å². The lowest BCUT2D eigenvalue weighted by atomic mass is 10.1. The number of alkyl carbamates (subject to hydrolysis) is 1. The van der Waals surface area contributed by atoms with Gasteiger partial charge in [-0.2, -0.15) is 0 Å². The normalized spacial score (nSPS) is 13.8. The predicted molar refractivity (Wildman–Crippen MR) is 99.2 cm³/mol. The molecule has 0 aliphatic heterocycles. The van der Waals surface area contributed by atoms with Crippen LogP contribution in [-0.2, 0) is 9.47 Å². The van der Waals surface area contributed by atoms with Crippen molar-refractivity contribution < 1.29 is 14.3 Å². The lowest BCUT2D eigenvalue weighted by molar-refractivity contribution is 0.0474. The van der Waals surface area contributed by atoms with Crippen LogP contribution in [0.3, 0.4) is 0 Å². The van der Waals surface area contributed by atoms with E-state index in [2.05, 4.69) is 5.32 Å². The molecule has 1 amide bonds. The van der Waals surface area contributed by atoms with Gasteiger partial charge >= 0.3 is 6.09 Å². The summed E-state index contributed by atoms with van der Waals surface area (Å²) in [5.74, 6) is 0.524. The number of hydrogen-bond donors (Lipinski definition) is 3. The van der Waals surface area contributed by atoms with E-state index in [0.717, 1.165) is 5.56 Å². The van der Waals surface area contributed by atoms with Crippen molar-refractivity contribution in [2.45, 2.75) is 32.4 Å². The maximum Gasteiger partial charge on any atom is 0.408 e. The molecule has 1 atom stereocenters. The lowest BCUT2D eigenvalue weighted by Gasteiger charge is -2.24. The van der Waals surface area contributed by atoms with Crippen LogP contribution in [0.1, 0.15) is 32.4 Å². The Morgan fingerprint density at radius 3 is 2.44 bits per heavy atom. The molecule has 0 spiro atoms. The fraction of sp³-hybridized carbons (Fsp3) is 0.316. The van der Waals surface area contributed by atoms with Gasteiger partial charge in [0.2, 0.25) is 0 Å². The van der Waals surface area contributed by atoms with Gasteiger partial charge in [0.25, 0.3) is 0 Å². The van der Waals surface area contributed by atoms with Gasteiger partial charge in [-0.05, 0) is 57.0 Å². The molecular formula is C19H27N3O3. The summed E-state index contributed by atoms with van der Waals surface area (Å²) in [7, 11) is 0. The number of carbonyl (C=O) groups is 1. The number of ether oxygens (including phenoxy) is 2. The molecule has 1 unspecified atom stereocenters. The van der Waals surface area contributed by atoms with E-state index in [9.17, 15) is 4.79 Å². The zero-order valence-electron chi connectivity index (χ0n) is 14.9. The Kier molecular flexibility index (Phi) is 8.12. The summed E-state index contributed by atoms with van der Waals surface area (Å²) in [6.45, 7) is 5.64. The molecule has 0 radical (unpaired) electrons. The molecule has 0 aromatic heterocycles. The number of allylic oxidation sites excluding steroid dienone is 3. The number of nitrogens with two attached hydrogens (primary N) is 2. The Labute approximate surface area is 149 Å². The van der Waals surface area contributed by atoms with Crippen molar-refractivity contribution in [1.29, 1.82) is 0 Å². The van der Waals surface area contributed by atoms with E-state index in [1.807, 2.05) is 51.1 Å². The fourth-order valence-electron chi connectivity index (χ4n) is 1.93. The summed E-state index contributed by atoms with van der Waals surface area (Å²) in [5.41, 5.74) is 11.1. The molecule has 6 nitrogen and oxygen atoms in total. The minimum Gasteiger partial charge on any atom is -0.491 e. The third kappa shape index (κ3) is 8.50. The van der Waals surface area contributed by atoms with Gasteiger partial charge in [0.15, 0.2) is 0 Å². The van der Waals surface area contributed by atoms with Gasteiger partial charge < -0.3 is 26.3 Å². The summed E-state index contributed by atoms with van der Waals surface area (Å²) in [6.07, 6.45) is 7.17. The Hall–Kier alpha value is -2.89. The quantitative estimate of drug-likeness (QED) is 0.521. The molecule has 0 aliphatic rings. The van der Waals surface area contributed by atoms with Crippen LogP contribution in [0.25, 0.3) is 0 Å². The molecule has 0 heterocycles. The molecule has 25 heavy (non-hydrogen) atoms. The second kappa shape index (κ2) is 10.1. The Morgan fingerprint density at radius 2 is 1.88 bits per heavy atom. The van der Waals surface area contributed by atoms with E-state index in [0.29, 0.717) is 5.76 Å². The monoisotopic (exact) mass is 345 g/mol. The summed E-state index contributed by atoms with van der Waals surface area (Å²) in [6, 6.07) is 9.14. The van der Waals surface area contributed by atoms with Crippen LogP contribution < -0.4 is 16.8 Å². The largest absolute Gasteiger partial charge is 0.491 e. The van der Waals surface area contributed by atoms with Crippen molar-refractivity contribution in [2.75, 3.05) is 6.61 Å². The molecule has 0 saturated carbocycles. The van der Waals surface area contributed by atoms with Gasteiger partial charge in [0.05, 0.1) is 6.04 Å². The minimum absolute atomic E-state index is 0.206. The second-order valence-electron chi connectivity index (χ2n) is 6.23. The van der Waals surface area contributed by atoms with Crippen LogP contribution in [0, 0.1) is 0 Å². The summed E-state index contributed by atoms with van der Waals surface area (Å²) in [5, 5.41) is 2.83. The molecular weight excluding hydrogens is 318 g/mol. The van der Waals surface area contributed by atoms with Crippen LogP contribution in [0.4, 0.5) is 4.79 Å². The smallest absolute Gasteiger partial charge is 0.408 e. The number of rotatable bonds is 7. The standard InChI is InChI=1S/C19H27N3O3/c1-19(2,3)25-18(23)22-17(15-8-5-4-6-9-15)14-24-16(11-13-21)10-7-12-20/h4-13,17H,14,20-21H2,1-3H3,(H,22,23)/b12-7+,13-11+,16-10+. The molecule has 1 aromatic carbocycles. The molecule has 1 aromatic rings. The van der Waals surface area contributed by atoms with Crippen molar-refractivity contribution in [2.24, 2.45) is 11.5 Å². The number of benzene rings is 1. The zero-order valence-corrected chi connectivity index (χ0v) is 14.9. The van der Waals surface area contributed by atoms with E-state index < -0.39 is 11.7 Å². The second-order valence-corrected chi connectivity index (χ2v) is 6.23. The first kappa shape index (κ1) is 20.2. The fourth-order valence-corrected chi connectivity index (χ4v) is 1.93. The molecule has 0 aliphatic carbocycles. The molecule has 0 fully saturated rings. The first-order valence-corrected chi connectivity index (χ1v) is 8.00. The van der Waals surface area contributed by atoms with E-state index >= 15 is 0 Å². The average molecular weight is 345 g/mol. The third-order valence-corrected chi connectivity index (χ3v) is 2.94. The third-order valence-electron chi connectivity index (χ3n) is 2.94. The number of amides is 1. The van der Waals surface area contributed by atoms with Gasteiger partial charge in [-0.3, -0.25) is 0 Å². The highest BCUT2D eigenvalue weighted by Crippen LogP contribution is 2.16. The van der Waals surface area contributed by atoms with Gasteiger partial charge in [0.1, 0.15) is 18.0 Å². The van der Waals surface area contributed by atoms with Gasteiger partial charge in [-0.1, -0.05) is 30.3 Å². The average Bonchev–Trinajstić information content (AvgIpc) is 2.55. The Balaban J connectivity index is 2.87. The van der Waals surface area contributed by atoms with Crippen LogP contribution in [0.2, 0.25) is 0 Å². The molecule has 0 bridgehead atoms. The molecule has 0 saturated heterocycles. The van der Waals surface area contributed by atoms with Crippen molar-refractivity contribution in [1.82, 2.24) is 5.32 Å². The molecule has 6 heteroatoms.